The lowest BCUT2D eigenvalue weighted by molar-refractivity contribution is 0.101. The minimum atomic E-state index is -0.228. The number of ketones is 1. The van der Waals surface area contributed by atoms with Crippen LogP contribution in [-0.2, 0) is 0 Å². The van der Waals surface area contributed by atoms with Gasteiger partial charge in [0, 0.05) is 16.3 Å². The van der Waals surface area contributed by atoms with Crippen molar-refractivity contribution in [1.82, 2.24) is 0 Å². The molecule has 2 rings (SSSR count). The van der Waals surface area contributed by atoms with Crippen LogP contribution in [0.4, 0.5) is 5.69 Å². The molecule has 2 N–H and O–H groups in total. The highest BCUT2D eigenvalue weighted by Gasteiger charge is 2.12. The van der Waals surface area contributed by atoms with E-state index >= 15 is 0 Å². The number of furan rings is 1. The van der Waals surface area contributed by atoms with Gasteiger partial charge < -0.3 is 10.2 Å². The number of nitrogens with two attached hydrogens (primary N) is 1. The molecule has 2 aromatic rings. The van der Waals surface area contributed by atoms with Gasteiger partial charge in [-0.05, 0) is 30.3 Å². The lowest BCUT2D eigenvalue weighted by Crippen LogP contribution is -2.00. The third kappa shape index (κ3) is 2.02. The maximum atomic E-state index is 11.8. The monoisotopic (exact) mass is 221 g/mol. The zero-order valence-electron chi connectivity index (χ0n) is 7.74. The summed E-state index contributed by atoms with van der Waals surface area (Å²) < 4.78 is 5.00. The second-order valence-corrected chi connectivity index (χ2v) is 3.52. The molecule has 0 aliphatic heterocycles. The molecule has 0 spiro atoms. The van der Waals surface area contributed by atoms with Crippen molar-refractivity contribution < 1.29 is 9.21 Å². The van der Waals surface area contributed by atoms with Gasteiger partial charge in [0.1, 0.15) is 0 Å². The molecule has 0 radical (unpaired) electrons. The lowest BCUT2D eigenvalue weighted by Gasteiger charge is -2.00. The second kappa shape index (κ2) is 3.79. The van der Waals surface area contributed by atoms with E-state index in [9.17, 15) is 4.79 Å². The van der Waals surface area contributed by atoms with Crippen LogP contribution in [-0.4, -0.2) is 5.78 Å². The van der Waals surface area contributed by atoms with Crippen LogP contribution in [0.2, 0.25) is 5.02 Å². The molecule has 0 bridgehead atoms. The lowest BCUT2D eigenvalue weighted by atomic mass is 10.1. The molecule has 0 aliphatic rings. The number of hydrogen-bond acceptors (Lipinski definition) is 3. The predicted octanol–water partition coefficient (Wildman–Crippen LogP) is 2.75. The molecular weight excluding hydrogens is 214 g/mol. The number of benzene rings is 1. The van der Waals surface area contributed by atoms with Crippen molar-refractivity contribution in [2.45, 2.75) is 0 Å². The van der Waals surface area contributed by atoms with E-state index in [1.54, 1.807) is 30.3 Å². The molecule has 15 heavy (non-hydrogen) atoms. The summed E-state index contributed by atoms with van der Waals surface area (Å²) in [5.74, 6) is 0.0471. The van der Waals surface area contributed by atoms with Crippen LogP contribution in [0.25, 0.3) is 0 Å². The van der Waals surface area contributed by atoms with Crippen molar-refractivity contribution in [3.63, 3.8) is 0 Å². The number of nitrogen functional groups attached to an aromatic ring is 1. The predicted molar refractivity (Wildman–Crippen MR) is 58.0 cm³/mol. The summed E-state index contributed by atoms with van der Waals surface area (Å²) in [5.41, 5.74) is 6.47. The first-order chi connectivity index (χ1) is 7.16. The Balaban J connectivity index is 2.42. The van der Waals surface area contributed by atoms with Gasteiger partial charge in [-0.25, -0.2) is 0 Å². The summed E-state index contributed by atoms with van der Waals surface area (Å²) in [6, 6.07) is 7.96. The first-order valence-electron chi connectivity index (χ1n) is 4.31. The summed E-state index contributed by atoms with van der Waals surface area (Å²) in [5, 5.41) is 0.435. The number of anilines is 1. The van der Waals surface area contributed by atoms with Crippen molar-refractivity contribution in [1.29, 1.82) is 0 Å². The van der Waals surface area contributed by atoms with E-state index in [2.05, 4.69) is 0 Å². The molecule has 1 aromatic heterocycles. The quantitative estimate of drug-likeness (QED) is 0.627. The molecule has 3 nitrogen and oxygen atoms in total. The van der Waals surface area contributed by atoms with Gasteiger partial charge in [0.05, 0.1) is 6.26 Å². The van der Waals surface area contributed by atoms with E-state index < -0.39 is 0 Å². The summed E-state index contributed by atoms with van der Waals surface area (Å²) in [7, 11) is 0. The highest BCUT2D eigenvalue weighted by Crippen LogP contribution is 2.19. The molecule has 0 atom stereocenters. The van der Waals surface area contributed by atoms with Gasteiger partial charge in [-0.2, -0.15) is 0 Å². The maximum Gasteiger partial charge on any atom is 0.228 e. The van der Waals surface area contributed by atoms with Crippen LogP contribution in [0.5, 0.6) is 0 Å². The Morgan fingerprint density at radius 3 is 2.73 bits per heavy atom. The molecule has 0 aliphatic carbocycles. The molecule has 0 saturated carbocycles. The molecule has 0 amide bonds. The summed E-state index contributed by atoms with van der Waals surface area (Å²) in [4.78, 5) is 11.8. The first-order valence-corrected chi connectivity index (χ1v) is 4.69. The van der Waals surface area contributed by atoms with E-state index in [0.717, 1.165) is 0 Å². The first kappa shape index (κ1) is 9.80. The van der Waals surface area contributed by atoms with E-state index in [1.165, 1.54) is 6.26 Å². The van der Waals surface area contributed by atoms with E-state index in [4.69, 9.17) is 21.8 Å². The highest BCUT2D eigenvalue weighted by molar-refractivity contribution is 6.31. The number of carbonyl (C=O) groups excluding carboxylic acids is 1. The van der Waals surface area contributed by atoms with Crippen LogP contribution in [0.3, 0.4) is 0 Å². The fourth-order valence-corrected chi connectivity index (χ4v) is 1.54. The summed E-state index contributed by atoms with van der Waals surface area (Å²) in [6.45, 7) is 0. The smallest absolute Gasteiger partial charge is 0.228 e. The molecule has 0 unspecified atom stereocenters. The zero-order valence-corrected chi connectivity index (χ0v) is 8.49. The minimum absolute atomic E-state index is 0.228. The standard InChI is InChI=1S/C11H8ClNO2/c12-8-4-7(5-9(13)6-8)11(14)10-2-1-3-15-10/h1-6H,13H2. The Morgan fingerprint density at radius 1 is 1.33 bits per heavy atom. The topological polar surface area (TPSA) is 56.2 Å². The van der Waals surface area contributed by atoms with Gasteiger partial charge in [0.25, 0.3) is 0 Å². The average molecular weight is 222 g/mol. The van der Waals surface area contributed by atoms with Crippen molar-refractivity contribution in [3.05, 3.63) is 52.9 Å². The van der Waals surface area contributed by atoms with E-state index in [1.807, 2.05) is 0 Å². The van der Waals surface area contributed by atoms with Crippen LogP contribution in [0, 0.1) is 0 Å². The number of halogens is 1. The van der Waals surface area contributed by atoms with Gasteiger partial charge >= 0.3 is 0 Å². The molecular formula is C11H8ClNO2. The number of carbonyl (C=O) groups is 1. The molecule has 0 saturated heterocycles. The van der Waals surface area contributed by atoms with Crippen LogP contribution in [0.1, 0.15) is 16.1 Å². The average Bonchev–Trinajstić information content (AvgIpc) is 2.67. The third-order valence-electron chi connectivity index (χ3n) is 1.93. The van der Waals surface area contributed by atoms with Crippen molar-refractivity contribution in [2.75, 3.05) is 5.73 Å². The van der Waals surface area contributed by atoms with Crippen molar-refractivity contribution >= 4 is 23.1 Å². The summed E-state index contributed by atoms with van der Waals surface area (Å²) in [6.07, 6.45) is 1.45. The van der Waals surface area contributed by atoms with E-state index in [0.29, 0.717) is 16.3 Å². The Hall–Kier alpha value is -1.74. The van der Waals surface area contributed by atoms with Crippen molar-refractivity contribution in [3.8, 4) is 0 Å². The fraction of sp³-hybridized carbons (Fsp3) is 0. The van der Waals surface area contributed by atoms with Crippen LogP contribution < -0.4 is 5.73 Å². The number of rotatable bonds is 2. The molecule has 76 valence electrons. The molecule has 0 fully saturated rings. The van der Waals surface area contributed by atoms with Gasteiger partial charge in [-0.15, -0.1) is 0 Å². The Kier molecular flexibility index (Phi) is 2.47. The van der Waals surface area contributed by atoms with Crippen LogP contribution >= 0.6 is 11.6 Å². The van der Waals surface area contributed by atoms with Crippen LogP contribution in [0.15, 0.2) is 41.0 Å². The van der Waals surface area contributed by atoms with Gasteiger partial charge in [-0.1, -0.05) is 11.6 Å². The molecule has 1 heterocycles. The van der Waals surface area contributed by atoms with Gasteiger partial charge in [0.2, 0.25) is 5.78 Å². The van der Waals surface area contributed by atoms with E-state index in [-0.39, 0.29) is 11.5 Å². The van der Waals surface area contributed by atoms with Gasteiger partial charge in [-0.3, -0.25) is 4.79 Å². The SMILES string of the molecule is Nc1cc(Cl)cc(C(=O)c2ccco2)c1. The number of hydrogen-bond donors (Lipinski definition) is 1. The Morgan fingerprint density at radius 2 is 2.13 bits per heavy atom. The molecule has 1 aromatic carbocycles. The Bertz CT molecular complexity index is 471. The summed E-state index contributed by atoms with van der Waals surface area (Å²) >= 11 is 5.79. The second-order valence-electron chi connectivity index (χ2n) is 3.08. The molecule has 4 heteroatoms. The van der Waals surface area contributed by atoms with Gasteiger partial charge in [0.15, 0.2) is 5.76 Å². The third-order valence-corrected chi connectivity index (χ3v) is 2.15. The van der Waals surface area contributed by atoms with Crippen molar-refractivity contribution in [2.24, 2.45) is 0 Å². The Labute approximate surface area is 91.5 Å². The normalized spacial score (nSPS) is 10.2. The minimum Gasteiger partial charge on any atom is -0.461 e. The zero-order chi connectivity index (χ0) is 10.8. The maximum absolute atomic E-state index is 11.8. The fourth-order valence-electron chi connectivity index (χ4n) is 1.29. The largest absolute Gasteiger partial charge is 0.461 e. The highest BCUT2D eigenvalue weighted by atomic mass is 35.5.